The molecule has 0 spiro atoms. The summed E-state index contributed by atoms with van der Waals surface area (Å²) >= 11 is 0. The van der Waals surface area contributed by atoms with Crippen LogP contribution in [0.4, 0.5) is 13.2 Å². The standard InChI is InChI=1S/C17H23F3N2O2/c1-3-4-5-11-22(13(2)23)12-10-21-16(24)14-6-8-15(9-7-14)17(18,19)20/h6-9H,3-5,10-12H2,1-2H3,(H,21,24). The van der Waals surface area contributed by atoms with Crippen LogP contribution in [0.25, 0.3) is 0 Å². The largest absolute Gasteiger partial charge is 0.416 e. The van der Waals surface area contributed by atoms with Crippen molar-refractivity contribution in [1.82, 2.24) is 10.2 Å². The lowest BCUT2D eigenvalue weighted by Gasteiger charge is -2.21. The van der Waals surface area contributed by atoms with E-state index >= 15 is 0 Å². The van der Waals surface area contributed by atoms with Crippen molar-refractivity contribution in [3.63, 3.8) is 0 Å². The summed E-state index contributed by atoms with van der Waals surface area (Å²) < 4.78 is 37.4. The first kappa shape index (κ1) is 20.0. The maximum atomic E-state index is 12.5. The molecule has 134 valence electrons. The van der Waals surface area contributed by atoms with Gasteiger partial charge in [0.05, 0.1) is 5.56 Å². The molecule has 0 fully saturated rings. The maximum absolute atomic E-state index is 12.5. The molecule has 24 heavy (non-hydrogen) atoms. The zero-order valence-corrected chi connectivity index (χ0v) is 13.9. The molecule has 0 unspecified atom stereocenters. The molecule has 2 amide bonds. The molecule has 1 aromatic carbocycles. The zero-order valence-electron chi connectivity index (χ0n) is 13.9. The third kappa shape index (κ3) is 6.60. The van der Waals surface area contributed by atoms with Crippen LogP contribution >= 0.6 is 0 Å². The number of nitrogens with one attached hydrogen (secondary N) is 1. The maximum Gasteiger partial charge on any atom is 0.416 e. The van der Waals surface area contributed by atoms with Gasteiger partial charge in [-0.3, -0.25) is 9.59 Å². The lowest BCUT2D eigenvalue weighted by atomic mass is 10.1. The summed E-state index contributed by atoms with van der Waals surface area (Å²) in [5, 5.41) is 2.62. The van der Waals surface area contributed by atoms with Gasteiger partial charge in [-0.2, -0.15) is 13.2 Å². The number of unbranched alkanes of at least 4 members (excludes halogenated alkanes) is 2. The van der Waals surface area contributed by atoms with E-state index in [9.17, 15) is 22.8 Å². The lowest BCUT2D eigenvalue weighted by molar-refractivity contribution is -0.137. The molecule has 0 aliphatic rings. The number of benzene rings is 1. The first-order chi connectivity index (χ1) is 11.3. The van der Waals surface area contributed by atoms with E-state index in [1.54, 1.807) is 4.90 Å². The highest BCUT2D eigenvalue weighted by Crippen LogP contribution is 2.29. The van der Waals surface area contributed by atoms with Crippen molar-refractivity contribution in [2.45, 2.75) is 39.3 Å². The van der Waals surface area contributed by atoms with Crippen LogP contribution in [-0.2, 0) is 11.0 Å². The van der Waals surface area contributed by atoms with Crippen LogP contribution in [0.15, 0.2) is 24.3 Å². The van der Waals surface area contributed by atoms with E-state index < -0.39 is 17.6 Å². The fourth-order valence-corrected chi connectivity index (χ4v) is 2.20. The molecule has 0 saturated heterocycles. The Morgan fingerprint density at radius 3 is 2.21 bits per heavy atom. The summed E-state index contributed by atoms with van der Waals surface area (Å²) in [5.74, 6) is -0.518. The van der Waals surface area contributed by atoms with Crippen LogP contribution in [-0.4, -0.2) is 36.3 Å². The normalized spacial score (nSPS) is 11.2. The first-order valence-corrected chi connectivity index (χ1v) is 7.96. The molecular weight excluding hydrogens is 321 g/mol. The molecular formula is C17H23F3N2O2. The summed E-state index contributed by atoms with van der Waals surface area (Å²) in [6, 6.07) is 4.04. The van der Waals surface area contributed by atoms with Crippen molar-refractivity contribution in [1.29, 1.82) is 0 Å². The summed E-state index contributed by atoms with van der Waals surface area (Å²) in [4.78, 5) is 25.1. The topological polar surface area (TPSA) is 49.4 Å². The highest BCUT2D eigenvalue weighted by Gasteiger charge is 2.30. The zero-order chi connectivity index (χ0) is 18.2. The fraction of sp³-hybridized carbons (Fsp3) is 0.529. The van der Waals surface area contributed by atoms with Gasteiger partial charge in [0.25, 0.3) is 5.91 Å². The average molecular weight is 344 g/mol. The van der Waals surface area contributed by atoms with Crippen LogP contribution in [0, 0.1) is 0 Å². The molecule has 1 aromatic rings. The highest BCUT2D eigenvalue weighted by molar-refractivity contribution is 5.94. The number of rotatable bonds is 8. The summed E-state index contributed by atoms with van der Waals surface area (Å²) in [6.07, 6.45) is -1.43. The molecule has 4 nitrogen and oxygen atoms in total. The SMILES string of the molecule is CCCCCN(CCNC(=O)c1ccc(C(F)(F)F)cc1)C(C)=O. The van der Waals surface area contributed by atoms with Gasteiger partial charge < -0.3 is 10.2 Å². The second kappa shape index (κ2) is 9.30. The molecule has 0 atom stereocenters. The summed E-state index contributed by atoms with van der Waals surface area (Å²) in [5.41, 5.74) is -0.638. The van der Waals surface area contributed by atoms with Crippen LogP contribution in [0.2, 0.25) is 0 Å². The van der Waals surface area contributed by atoms with Crippen molar-refractivity contribution in [3.05, 3.63) is 35.4 Å². The number of hydrogen-bond acceptors (Lipinski definition) is 2. The number of nitrogens with zero attached hydrogens (tertiary/aromatic N) is 1. The minimum Gasteiger partial charge on any atom is -0.350 e. The van der Waals surface area contributed by atoms with E-state index in [1.807, 2.05) is 0 Å². The molecule has 1 rings (SSSR count). The Hall–Kier alpha value is -2.05. The number of hydrogen-bond donors (Lipinski definition) is 1. The molecule has 0 bridgehead atoms. The summed E-state index contributed by atoms with van der Waals surface area (Å²) in [6.45, 7) is 4.82. The first-order valence-electron chi connectivity index (χ1n) is 7.96. The molecule has 0 aromatic heterocycles. The van der Waals surface area contributed by atoms with Gasteiger partial charge in [0.2, 0.25) is 5.91 Å². The molecule has 0 heterocycles. The Labute approximate surface area is 140 Å². The van der Waals surface area contributed by atoms with Gasteiger partial charge in [-0.15, -0.1) is 0 Å². The minimum atomic E-state index is -4.42. The van der Waals surface area contributed by atoms with E-state index in [4.69, 9.17) is 0 Å². The predicted molar refractivity (Wildman–Crippen MR) is 85.6 cm³/mol. The van der Waals surface area contributed by atoms with Crippen LogP contribution in [0.5, 0.6) is 0 Å². The van der Waals surface area contributed by atoms with E-state index in [2.05, 4.69) is 12.2 Å². The van der Waals surface area contributed by atoms with Crippen LogP contribution < -0.4 is 5.32 Å². The third-order valence-corrected chi connectivity index (χ3v) is 3.62. The second-order valence-corrected chi connectivity index (χ2v) is 5.54. The number of carbonyl (C=O) groups is 2. The minimum absolute atomic E-state index is 0.0603. The number of halogens is 3. The van der Waals surface area contributed by atoms with Gasteiger partial charge in [0, 0.05) is 32.1 Å². The van der Waals surface area contributed by atoms with E-state index in [-0.39, 0.29) is 18.0 Å². The molecule has 0 saturated carbocycles. The molecule has 0 aliphatic carbocycles. The smallest absolute Gasteiger partial charge is 0.350 e. The van der Waals surface area contributed by atoms with Crippen molar-refractivity contribution >= 4 is 11.8 Å². The van der Waals surface area contributed by atoms with Gasteiger partial charge >= 0.3 is 6.18 Å². The Morgan fingerprint density at radius 2 is 1.71 bits per heavy atom. The summed E-state index contributed by atoms with van der Waals surface area (Å²) in [7, 11) is 0. The van der Waals surface area contributed by atoms with Gasteiger partial charge in [0.15, 0.2) is 0 Å². The predicted octanol–water partition coefficient (Wildman–Crippen LogP) is 3.47. The lowest BCUT2D eigenvalue weighted by Crippen LogP contribution is -2.38. The highest BCUT2D eigenvalue weighted by atomic mass is 19.4. The number of amides is 2. The van der Waals surface area contributed by atoms with E-state index in [0.29, 0.717) is 13.1 Å². The number of alkyl halides is 3. The monoisotopic (exact) mass is 344 g/mol. The molecule has 0 aliphatic heterocycles. The Kier molecular flexibility index (Phi) is 7.74. The van der Waals surface area contributed by atoms with Crippen LogP contribution in [0.3, 0.4) is 0 Å². The Balaban J connectivity index is 2.48. The molecule has 0 radical (unpaired) electrons. The van der Waals surface area contributed by atoms with Gasteiger partial charge in [-0.25, -0.2) is 0 Å². The second-order valence-electron chi connectivity index (χ2n) is 5.54. The third-order valence-electron chi connectivity index (χ3n) is 3.62. The molecule has 7 heteroatoms. The van der Waals surface area contributed by atoms with Crippen LogP contribution in [0.1, 0.15) is 49.0 Å². The van der Waals surface area contributed by atoms with Crippen molar-refractivity contribution < 1.29 is 22.8 Å². The molecule has 1 N–H and O–H groups in total. The van der Waals surface area contributed by atoms with Crippen molar-refractivity contribution in [2.24, 2.45) is 0 Å². The Bertz CT molecular complexity index is 542. The number of carbonyl (C=O) groups excluding carboxylic acids is 2. The van der Waals surface area contributed by atoms with Gasteiger partial charge in [0.1, 0.15) is 0 Å². The van der Waals surface area contributed by atoms with Gasteiger partial charge in [-0.1, -0.05) is 19.8 Å². The quantitative estimate of drug-likeness (QED) is 0.734. The Morgan fingerprint density at radius 1 is 1.08 bits per heavy atom. The van der Waals surface area contributed by atoms with E-state index in [0.717, 1.165) is 43.5 Å². The fourth-order valence-electron chi connectivity index (χ4n) is 2.20. The van der Waals surface area contributed by atoms with Crippen molar-refractivity contribution in [3.8, 4) is 0 Å². The van der Waals surface area contributed by atoms with Gasteiger partial charge in [-0.05, 0) is 30.7 Å². The average Bonchev–Trinajstić information content (AvgIpc) is 2.52. The van der Waals surface area contributed by atoms with Crippen molar-refractivity contribution in [2.75, 3.05) is 19.6 Å². The van der Waals surface area contributed by atoms with E-state index in [1.165, 1.54) is 6.92 Å².